The van der Waals surface area contributed by atoms with Crippen LogP contribution in [0.1, 0.15) is 13.8 Å². The highest BCUT2D eigenvalue weighted by Crippen LogP contribution is 2.00. The Morgan fingerprint density at radius 1 is 1.07 bits per heavy atom. The molecular weight excluding hydrogens is 174 g/mol. The van der Waals surface area contributed by atoms with Crippen molar-refractivity contribution >= 4 is 0 Å². The zero-order chi connectivity index (χ0) is 11.1. The average molecular weight is 197 g/mol. The molecule has 0 unspecified atom stereocenters. The van der Waals surface area contributed by atoms with Gasteiger partial charge >= 0.3 is 0 Å². The number of nitrogens with zero attached hydrogens (tertiary/aromatic N) is 2. The third-order valence-corrected chi connectivity index (χ3v) is 2.07. The maximum Gasteiger partial charge on any atom is 0.0299 e. The molecule has 82 valence electrons. The second kappa shape index (κ2) is 6.49. The van der Waals surface area contributed by atoms with E-state index in [-0.39, 0.29) is 0 Å². The first kappa shape index (κ1) is 13.0. The largest absolute Gasteiger partial charge is 0.402 e. The van der Waals surface area contributed by atoms with Gasteiger partial charge in [-0.05, 0) is 40.1 Å². The van der Waals surface area contributed by atoms with Crippen LogP contribution in [0.15, 0.2) is 23.5 Å². The van der Waals surface area contributed by atoms with Gasteiger partial charge in [0, 0.05) is 31.5 Å². The van der Waals surface area contributed by atoms with Crippen molar-refractivity contribution in [2.24, 2.45) is 5.73 Å². The van der Waals surface area contributed by atoms with Crippen LogP contribution >= 0.6 is 0 Å². The van der Waals surface area contributed by atoms with Crippen molar-refractivity contribution in [3.8, 4) is 0 Å². The van der Waals surface area contributed by atoms with E-state index in [2.05, 4.69) is 37.9 Å². The van der Waals surface area contributed by atoms with Crippen molar-refractivity contribution in [1.82, 2.24) is 9.80 Å². The van der Waals surface area contributed by atoms with Crippen molar-refractivity contribution in [2.45, 2.75) is 13.8 Å². The SMILES string of the molecule is C/C(N)=C\C=C(/C)N(C)CCN(C)C. The normalized spacial score (nSPS) is 13.6. The van der Waals surface area contributed by atoms with Gasteiger partial charge in [0.05, 0.1) is 0 Å². The van der Waals surface area contributed by atoms with Gasteiger partial charge in [-0.2, -0.15) is 0 Å². The predicted octanol–water partition coefficient (Wildman–Crippen LogP) is 1.25. The van der Waals surface area contributed by atoms with Crippen LogP contribution < -0.4 is 5.73 Å². The number of rotatable bonds is 5. The Bertz CT molecular complexity index is 213. The second-order valence-corrected chi connectivity index (χ2v) is 3.94. The lowest BCUT2D eigenvalue weighted by atomic mass is 10.3. The highest BCUT2D eigenvalue weighted by atomic mass is 15.2. The first-order chi connectivity index (χ1) is 6.43. The highest BCUT2D eigenvalue weighted by molar-refractivity contribution is 5.12. The Balaban J connectivity index is 4.04. The van der Waals surface area contributed by atoms with Crippen LogP contribution in [0.4, 0.5) is 0 Å². The molecule has 3 nitrogen and oxygen atoms in total. The van der Waals surface area contributed by atoms with Gasteiger partial charge in [0.25, 0.3) is 0 Å². The minimum Gasteiger partial charge on any atom is -0.402 e. The van der Waals surface area contributed by atoms with Crippen LogP contribution in [-0.4, -0.2) is 44.0 Å². The Kier molecular flexibility index (Phi) is 6.04. The highest BCUT2D eigenvalue weighted by Gasteiger charge is 1.98. The topological polar surface area (TPSA) is 32.5 Å². The van der Waals surface area contributed by atoms with E-state index in [1.54, 1.807) is 0 Å². The summed E-state index contributed by atoms with van der Waals surface area (Å²) in [5, 5.41) is 0. The molecule has 0 spiro atoms. The van der Waals surface area contributed by atoms with E-state index in [1.807, 2.05) is 19.1 Å². The molecule has 0 saturated heterocycles. The van der Waals surface area contributed by atoms with Crippen LogP contribution in [-0.2, 0) is 0 Å². The summed E-state index contributed by atoms with van der Waals surface area (Å²) in [6, 6.07) is 0. The van der Waals surface area contributed by atoms with E-state index < -0.39 is 0 Å². The van der Waals surface area contributed by atoms with E-state index in [0.717, 1.165) is 18.8 Å². The third-order valence-electron chi connectivity index (χ3n) is 2.07. The number of hydrogen-bond donors (Lipinski definition) is 1. The second-order valence-electron chi connectivity index (χ2n) is 3.94. The van der Waals surface area contributed by atoms with Gasteiger partial charge in [-0.3, -0.25) is 0 Å². The summed E-state index contributed by atoms with van der Waals surface area (Å²) in [6.45, 7) is 6.08. The van der Waals surface area contributed by atoms with Gasteiger partial charge in [0.1, 0.15) is 0 Å². The minimum absolute atomic E-state index is 0.838. The molecule has 0 heterocycles. The Morgan fingerprint density at radius 2 is 1.64 bits per heavy atom. The summed E-state index contributed by atoms with van der Waals surface area (Å²) in [7, 11) is 6.25. The molecule has 0 fully saturated rings. The summed E-state index contributed by atoms with van der Waals surface area (Å²) < 4.78 is 0. The number of hydrogen-bond acceptors (Lipinski definition) is 3. The van der Waals surface area contributed by atoms with Gasteiger partial charge in [-0.25, -0.2) is 0 Å². The molecule has 2 N–H and O–H groups in total. The van der Waals surface area contributed by atoms with Crippen molar-refractivity contribution in [1.29, 1.82) is 0 Å². The Labute approximate surface area is 87.9 Å². The average Bonchev–Trinajstić information content (AvgIpc) is 2.09. The first-order valence-corrected chi connectivity index (χ1v) is 4.90. The molecule has 0 bridgehead atoms. The Hall–Kier alpha value is -0.960. The van der Waals surface area contributed by atoms with Gasteiger partial charge < -0.3 is 15.5 Å². The quantitative estimate of drug-likeness (QED) is 0.673. The summed E-state index contributed by atoms with van der Waals surface area (Å²) in [5.74, 6) is 0. The molecule has 0 atom stereocenters. The lowest BCUT2D eigenvalue weighted by Crippen LogP contribution is -2.27. The van der Waals surface area contributed by atoms with Crippen molar-refractivity contribution in [2.75, 3.05) is 34.2 Å². The first-order valence-electron chi connectivity index (χ1n) is 4.90. The molecule has 0 aromatic rings. The zero-order valence-corrected chi connectivity index (χ0v) is 10.0. The number of likely N-dealkylation sites (N-methyl/N-ethyl adjacent to an activating group) is 2. The number of allylic oxidation sites excluding steroid dienone is 4. The fourth-order valence-electron chi connectivity index (χ4n) is 0.906. The lowest BCUT2D eigenvalue weighted by molar-refractivity contribution is 0.326. The van der Waals surface area contributed by atoms with E-state index in [9.17, 15) is 0 Å². The van der Waals surface area contributed by atoms with Crippen LogP contribution in [0.25, 0.3) is 0 Å². The fraction of sp³-hybridized carbons (Fsp3) is 0.636. The monoisotopic (exact) mass is 197 g/mol. The van der Waals surface area contributed by atoms with Crippen molar-refractivity contribution < 1.29 is 0 Å². The summed E-state index contributed by atoms with van der Waals surface area (Å²) >= 11 is 0. The molecule has 0 rings (SSSR count). The predicted molar refractivity (Wildman–Crippen MR) is 62.9 cm³/mol. The van der Waals surface area contributed by atoms with Crippen LogP contribution in [0.2, 0.25) is 0 Å². The molecule has 14 heavy (non-hydrogen) atoms. The molecule has 0 aliphatic carbocycles. The summed E-state index contributed by atoms with van der Waals surface area (Å²) in [5.41, 5.74) is 7.62. The molecule has 0 aromatic carbocycles. The molecule has 0 amide bonds. The molecule has 0 aliphatic rings. The van der Waals surface area contributed by atoms with E-state index in [0.29, 0.717) is 0 Å². The molecule has 0 radical (unpaired) electrons. The van der Waals surface area contributed by atoms with Crippen LogP contribution in [0, 0.1) is 0 Å². The third kappa shape index (κ3) is 6.54. The van der Waals surface area contributed by atoms with Gasteiger partial charge in [0.15, 0.2) is 0 Å². The van der Waals surface area contributed by atoms with Gasteiger partial charge in [-0.15, -0.1) is 0 Å². The molecular formula is C11H23N3. The minimum atomic E-state index is 0.838. The fourth-order valence-corrected chi connectivity index (χ4v) is 0.906. The summed E-state index contributed by atoms with van der Waals surface area (Å²) in [6.07, 6.45) is 3.98. The molecule has 0 aliphatic heterocycles. The van der Waals surface area contributed by atoms with E-state index in [1.165, 1.54) is 5.70 Å². The molecule has 3 heteroatoms. The van der Waals surface area contributed by atoms with Crippen molar-refractivity contribution in [3.63, 3.8) is 0 Å². The van der Waals surface area contributed by atoms with Crippen molar-refractivity contribution in [3.05, 3.63) is 23.5 Å². The number of nitrogens with two attached hydrogens (primary N) is 1. The van der Waals surface area contributed by atoms with E-state index in [4.69, 9.17) is 5.73 Å². The van der Waals surface area contributed by atoms with E-state index >= 15 is 0 Å². The van der Waals surface area contributed by atoms with Crippen LogP contribution in [0.5, 0.6) is 0 Å². The maximum absolute atomic E-state index is 5.55. The molecule has 0 saturated carbocycles. The van der Waals surface area contributed by atoms with Gasteiger partial charge in [0.2, 0.25) is 0 Å². The summed E-state index contributed by atoms with van der Waals surface area (Å²) in [4.78, 5) is 4.40. The molecule has 0 aromatic heterocycles. The van der Waals surface area contributed by atoms with Crippen LogP contribution in [0.3, 0.4) is 0 Å². The maximum atomic E-state index is 5.55. The Morgan fingerprint density at radius 3 is 2.07 bits per heavy atom. The lowest BCUT2D eigenvalue weighted by Gasteiger charge is -2.21. The zero-order valence-electron chi connectivity index (χ0n) is 10.0. The smallest absolute Gasteiger partial charge is 0.0299 e. The van der Waals surface area contributed by atoms with Gasteiger partial charge in [-0.1, -0.05) is 0 Å². The standard InChI is InChI=1S/C11H23N3/c1-10(12)6-7-11(2)14(5)9-8-13(3)4/h6-7H,8-9,12H2,1-5H3/b10-6+,11-7+.